The molecule has 1 rings (SSSR count). The van der Waals surface area contributed by atoms with Crippen molar-refractivity contribution in [1.82, 2.24) is 0 Å². The Bertz CT molecular complexity index is 539. The normalized spacial score (nSPS) is 13.9. The molecule has 0 heterocycles. The zero-order valence-electron chi connectivity index (χ0n) is 13.5. The van der Waals surface area contributed by atoms with Crippen LogP contribution >= 0.6 is 0 Å². The monoisotopic (exact) mass is 307 g/mol. The van der Waals surface area contributed by atoms with Crippen molar-refractivity contribution >= 4 is 22.3 Å². The molecule has 1 N–H and O–H groups in total. The van der Waals surface area contributed by atoms with Crippen molar-refractivity contribution in [3.05, 3.63) is 36.0 Å². The van der Waals surface area contributed by atoms with Gasteiger partial charge in [0.1, 0.15) is 0 Å². The van der Waals surface area contributed by atoms with E-state index in [-0.39, 0.29) is 11.2 Å². The maximum Gasteiger partial charge on any atom is 0.160 e. The number of carbonyl (C=O) groups excluding carboxylic acids is 1. The summed E-state index contributed by atoms with van der Waals surface area (Å²) in [6, 6.07) is 7.40. The summed E-state index contributed by atoms with van der Waals surface area (Å²) in [5, 5.41) is 3.15. The number of carbonyl (C=O) groups is 1. The molecule has 0 saturated carbocycles. The number of rotatable bonds is 6. The number of ketones is 1. The second-order valence-corrected chi connectivity index (χ2v) is 7.69. The lowest BCUT2D eigenvalue weighted by atomic mass is 9.87. The number of allylic oxidation sites excluding steroid dienone is 1. The van der Waals surface area contributed by atoms with E-state index in [2.05, 4.69) is 26.1 Å². The molecule has 0 aliphatic carbocycles. The maximum atomic E-state index is 12.2. The van der Waals surface area contributed by atoms with E-state index in [9.17, 15) is 9.00 Å². The average molecular weight is 307 g/mol. The standard InChI is InChI=1S/C17H25NO2S/c1-6-13(16(19)11-17(2,3)4)12-18-14-7-9-15(10-8-14)21(5)20/h7-10,12,18H,6,11H2,1-5H3/b13-12-. The lowest BCUT2D eigenvalue weighted by Crippen LogP contribution is -2.15. The summed E-state index contributed by atoms with van der Waals surface area (Å²) < 4.78 is 11.3. The number of benzene rings is 1. The Hall–Kier alpha value is -1.42. The molecule has 0 aromatic heterocycles. The smallest absolute Gasteiger partial charge is 0.160 e. The van der Waals surface area contributed by atoms with Gasteiger partial charge in [-0.15, -0.1) is 0 Å². The number of hydrogen-bond acceptors (Lipinski definition) is 3. The van der Waals surface area contributed by atoms with Gasteiger partial charge in [-0.05, 0) is 36.1 Å². The van der Waals surface area contributed by atoms with Crippen LogP contribution in [-0.4, -0.2) is 16.2 Å². The number of hydrogen-bond donors (Lipinski definition) is 1. The molecule has 0 bridgehead atoms. The fourth-order valence-corrected chi connectivity index (χ4v) is 2.41. The summed E-state index contributed by atoms with van der Waals surface area (Å²) >= 11 is 0. The zero-order chi connectivity index (χ0) is 16.0. The van der Waals surface area contributed by atoms with Crippen LogP contribution in [0.3, 0.4) is 0 Å². The first-order valence-electron chi connectivity index (χ1n) is 7.15. The highest BCUT2D eigenvalue weighted by Crippen LogP contribution is 2.22. The molecule has 21 heavy (non-hydrogen) atoms. The van der Waals surface area contributed by atoms with Gasteiger partial charge in [-0.1, -0.05) is 27.7 Å². The molecule has 1 aromatic carbocycles. The van der Waals surface area contributed by atoms with Crippen molar-refractivity contribution in [3.8, 4) is 0 Å². The lowest BCUT2D eigenvalue weighted by molar-refractivity contribution is -0.117. The van der Waals surface area contributed by atoms with Crippen LogP contribution in [0.2, 0.25) is 0 Å². The van der Waals surface area contributed by atoms with E-state index < -0.39 is 10.8 Å². The molecular weight excluding hydrogens is 282 g/mol. The summed E-state index contributed by atoms with van der Waals surface area (Å²) in [5.41, 5.74) is 1.69. The highest BCUT2D eigenvalue weighted by Gasteiger charge is 2.18. The van der Waals surface area contributed by atoms with Crippen LogP contribution in [0.4, 0.5) is 5.69 Å². The van der Waals surface area contributed by atoms with Crippen LogP contribution < -0.4 is 5.32 Å². The summed E-state index contributed by atoms with van der Waals surface area (Å²) in [4.78, 5) is 13.0. The van der Waals surface area contributed by atoms with Crippen molar-refractivity contribution in [2.24, 2.45) is 5.41 Å². The van der Waals surface area contributed by atoms with E-state index in [0.717, 1.165) is 16.2 Å². The highest BCUT2D eigenvalue weighted by molar-refractivity contribution is 7.84. The van der Waals surface area contributed by atoms with Crippen molar-refractivity contribution < 1.29 is 9.00 Å². The predicted molar refractivity (Wildman–Crippen MR) is 89.9 cm³/mol. The molecule has 4 heteroatoms. The van der Waals surface area contributed by atoms with Crippen LogP contribution in [0.15, 0.2) is 40.9 Å². The Morgan fingerprint density at radius 1 is 1.24 bits per heavy atom. The first-order chi connectivity index (χ1) is 9.73. The Morgan fingerprint density at radius 3 is 2.24 bits per heavy atom. The number of nitrogens with one attached hydrogen (secondary N) is 1. The maximum absolute atomic E-state index is 12.2. The van der Waals surface area contributed by atoms with E-state index in [1.54, 1.807) is 12.5 Å². The van der Waals surface area contributed by atoms with Gasteiger partial charge in [0.15, 0.2) is 5.78 Å². The van der Waals surface area contributed by atoms with Gasteiger partial charge in [-0.25, -0.2) is 0 Å². The molecule has 1 unspecified atom stereocenters. The number of anilines is 1. The summed E-state index contributed by atoms with van der Waals surface area (Å²) in [6.07, 6.45) is 4.69. The minimum atomic E-state index is -0.968. The summed E-state index contributed by atoms with van der Waals surface area (Å²) in [5.74, 6) is 0.184. The topological polar surface area (TPSA) is 46.2 Å². The van der Waals surface area contributed by atoms with Crippen LogP contribution in [0, 0.1) is 5.41 Å². The molecule has 3 nitrogen and oxygen atoms in total. The van der Waals surface area contributed by atoms with Gasteiger partial charge in [-0.2, -0.15) is 0 Å². The number of Topliss-reactive ketones (excluding diaryl/α,β-unsaturated/α-hetero) is 1. The summed E-state index contributed by atoms with van der Waals surface area (Å²) in [6.45, 7) is 8.18. The molecule has 0 radical (unpaired) electrons. The van der Waals surface area contributed by atoms with Crippen LogP contribution in [0.1, 0.15) is 40.5 Å². The van der Waals surface area contributed by atoms with E-state index in [4.69, 9.17) is 0 Å². The Balaban J connectivity index is 2.76. The molecule has 0 fully saturated rings. The average Bonchev–Trinajstić information content (AvgIpc) is 2.37. The second kappa shape index (κ2) is 7.55. The van der Waals surface area contributed by atoms with Gasteiger partial charge in [0.05, 0.1) is 0 Å². The molecule has 116 valence electrons. The largest absolute Gasteiger partial charge is 0.361 e. The predicted octanol–water partition coefficient (Wildman–Crippen LogP) is 4.14. The minimum absolute atomic E-state index is 0.00180. The molecule has 0 spiro atoms. The van der Waals surface area contributed by atoms with Crippen molar-refractivity contribution in [1.29, 1.82) is 0 Å². The van der Waals surface area contributed by atoms with E-state index in [1.165, 1.54) is 0 Å². The Labute approximate surface area is 130 Å². The van der Waals surface area contributed by atoms with Crippen LogP contribution in [-0.2, 0) is 15.6 Å². The third-order valence-electron chi connectivity index (χ3n) is 3.03. The van der Waals surface area contributed by atoms with E-state index >= 15 is 0 Å². The van der Waals surface area contributed by atoms with E-state index in [0.29, 0.717) is 12.8 Å². The van der Waals surface area contributed by atoms with Crippen LogP contribution in [0.25, 0.3) is 0 Å². The van der Waals surface area contributed by atoms with Gasteiger partial charge in [0.2, 0.25) is 0 Å². The molecule has 0 amide bonds. The third-order valence-corrected chi connectivity index (χ3v) is 3.97. The molecule has 0 aliphatic heterocycles. The zero-order valence-corrected chi connectivity index (χ0v) is 14.3. The Morgan fingerprint density at radius 2 is 1.81 bits per heavy atom. The van der Waals surface area contributed by atoms with Gasteiger partial charge in [0, 0.05) is 45.8 Å². The fraction of sp³-hybridized carbons (Fsp3) is 0.471. The van der Waals surface area contributed by atoms with E-state index in [1.807, 2.05) is 31.2 Å². The molecule has 1 aromatic rings. The van der Waals surface area contributed by atoms with Gasteiger partial charge in [0.25, 0.3) is 0 Å². The van der Waals surface area contributed by atoms with Gasteiger partial charge in [-0.3, -0.25) is 9.00 Å². The minimum Gasteiger partial charge on any atom is -0.361 e. The van der Waals surface area contributed by atoms with Gasteiger partial charge < -0.3 is 5.32 Å². The summed E-state index contributed by atoms with van der Waals surface area (Å²) in [7, 11) is -0.968. The fourth-order valence-electron chi connectivity index (χ4n) is 1.89. The first-order valence-corrected chi connectivity index (χ1v) is 8.71. The quantitative estimate of drug-likeness (QED) is 0.804. The molecule has 1 atom stereocenters. The third kappa shape index (κ3) is 6.25. The lowest BCUT2D eigenvalue weighted by Gasteiger charge is -2.17. The van der Waals surface area contributed by atoms with Crippen LogP contribution in [0.5, 0.6) is 0 Å². The highest BCUT2D eigenvalue weighted by atomic mass is 32.2. The first kappa shape index (κ1) is 17.6. The molecular formula is C17H25NO2S. The Kier molecular flexibility index (Phi) is 6.34. The van der Waals surface area contributed by atoms with Crippen molar-refractivity contribution in [2.45, 2.75) is 45.4 Å². The second-order valence-electron chi connectivity index (χ2n) is 6.31. The molecule has 0 aliphatic rings. The SMILES string of the molecule is CC/C(=C/Nc1ccc(S(C)=O)cc1)C(=O)CC(C)(C)C. The van der Waals surface area contributed by atoms with Gasteiger partial charge >= 0.3 is 0 Å². The van der Waals surface area contributed by atoms with Crippen molar-refractivity contribution in [3.63, 3.8) is 0 Å². The molecule has 0 saturated heterocycles. The van der Waals surface area contributed by atoms with Crippen molar-refractivity contribution in [2.75, 3.05) is 11.6 Å².